The highest BCUT2D eigenvalue weighted by atomic mass is 16.5. The maximum atomic E-state index is 13.0. The van der Waals surface area contributed by atoms with Gasteiger partial charge in [0.05, 0.1) is 18.8 Å². The second-order valence-electron chi connectivity index (χ2n) is 7.38. The predicted octanol–water partition coefficient (Wildman–Crippen LogP) is 3.41. The summed E-state index contributed by atoms with van der Waals surface area (Å²) in [4.78, 5) is 16.9. The highest BCUT2D eigenvalue weighted by Crippen LogP contribution is 2.25. The van der Waals surface area contributed by atoms with Crippen LogP contribution in [-0.2, 0) is 20.9 Å². The zero-order valence-electron chi connectivity index (χ0n) is 16.9. The quantitative estimate of drug-likeness (QED) is 0.552. The lowest BCUT2D eigenvalue weighted by atomic mass is 10.1. The number of ether oxygens (including phenoxy) is 2. The summed E-state index contributed by atoms with van der Waals surface area (Å²) >= 11 is 0. The summed E-state index contributed by atoms with van der Waals surface area (Å²) in [7, 11) is 1.95. The molecule has 2 rings (SSSR count). The Bertz CT molecular complexity index is 625. The van der Waals surface area contributed by atoms with E-state index in [4.69, 9.17) is 9.47 Å². The second-order valence-corrected chi connectivity index (χ2v) is 7.38. The van der Waals surface area contributed by atoms with Gasteiger partial charge in [0.1, 0.15) is 18.1 Å². The van der Waals surface area contributed by atoms with Crippen LogP contribution in [0.2, 0.25) is 0 Å². The number of nitrogens with zero attached hydrogens (tertiary/aromatic N) is 2. The van der Waals surface area contributed by atoms with Gasteiger partial charge in [0.2, 0.25) is 0 Å². The maximum absolute atomic E-state index is 13.0. The van der Waals surface area contributed by atoms with Gasteiger partial charge >= 0.3 is 0 Å². The van der Waals surface area contributed by atoms with Gasteiger partial charge in [-0.15, -0.1) is 0 Å². The number of piperazine rings is 1. The van der Waals surface area contributed by atoms with E-state index in [2.05, 4.69) is 0 Å². The Morgan fingerprint density at radius 3 is 2.42 bits per heavy atom. The molecule has 1 atom stereocenters. The van der Waals surface area contributed by atoms with Crippen molar-refractivity contribution in [3.8, 4) is 0 Å². The number of hydrogen-bond acceptors (Lipinski definition) is 4. The first-order valence-electron chi connectivity index (χ1n) is 9.34. The Kier molecular flexibility index (Phi) is 7.09. The van der Waals surface area contributed by atoms with Crippen LogP contribution < -0.4 is 0 Å². The molecule has 144 valence electrons. The number of likely N-dealkylation sites (N-methyl/N-ethyl adjacent to an activating group) is 1. The first kappa shape index (κ1) is 20.3. The van der Waals surface area contributed by atoms with Crippen molar-refractivity contribution in [1.82, 2.24) is 9.80 Å². The van der Waals surface area contributed by atoms with E-state index in [0.717, 1.165) is 5.56 Å². The van der Waals surface area contributed by atoms with Crippen LogP contribution in [0.15, 0.2) is 41.8 Å². The number of allylic oxidation sites excluding steroid dienone is 1. The van der Waals surface area contributed by atoms with Gasteiger partial charge in [-0.25, -0.2) is 0 Å². The van der Waals surface area contributed by atoms with E-state index in [-0.39, 0.29) is 24.1 Å². The van der Waals surface area contributed by atoms with E-state index in [1.165, 1.54) is 0 Å². The molecule has 1 aliphatic rings. The highest BCUT2D eigenvalue weighted by molar-refractivity contribution is 5.94. The normalized spacial score (nSPS) is 20.2. The van der Waals surface area contributed by atoms with Gasteiger partial charge in [-0.2, -0.15) is 0 Å². The summed E-state index contributed by atoms with van der Waals surface area (Å²) in [5.41, 5.74) is 1.71. The van der Waals surface area contributed by atoms with E-state index in [1.54, 1.807) is 0 Å². The Balaban J connectivity index is 2.21. The van der Waals surface area contributed by atoms with Crippen molar-refractivity contribution in [3.63, 3.8) is 0 Å². The molecule has 5 heteroatoms. The van der Waals surface area contributed by atoms with Crippen LogP contribution in [0.4, 0.5) is 0 Å². The van der Waals surface area contributed by atoms with Gasteiger partial charge < -0.3 is 19.3 Å². The molecular formula is C21H32N2O3. The summed E-state index contributed by atoms with van der Waals surface area (Å²) in [6.45, 7) is 11.7. The van der Waals surface area contributed by atoms with Gasteiger partial charge in [0, 0.05) is 19.6 Å². The molecule has 1 aliphatic heterocycles. The van der Waals surface area contributed by atoms with Gasteiger partial charge in [-0.05, 0) is 40.2 Å². The monoisotopic (exact) mass is 360 g/mol. The molecule has 0 spiro atoms. The van der Waals surface area contributed by atoms with Crippen LogP contribution in [0.3, 0.4) is 0 Å². The smallest absolute Gasteiger partial charge is 0.273 e. The Morgan fingerprint density at radius 1 is 1.19 bits per heavy atom. The van der Waals surface area contributed by atoms with Gasteiger partial charge in [0.25, 0.3) is 5.91 Å². The summed E-state index contributed by atoms with van der Waals surface area (Å²) in [6, 6.07) is 10.2. The summed E-state index contributed by atoms with van der Waals surface area (Å²) in [6.07, 6.45) is 0.163. The molecule has 26 heavy (non-hydrogen) atoms. The fourth-order valence-corrected chi connectivity index (χ4v) is 3.05. The molecule has 1 saturated heterocycles. The molecule has 1 aromatic carbocycles. The fourth-order valence-electron chi connectivity index (χ4n) is 3.05. The number of hydrogen-bond donors (Lipinski definition) is 0. The minimum atomic E-state index is 0.0221. The van der Waals surface area contributed by atoms with Crippen molar-refractivity contribution in [2.24, 2.45) is 0 Å². The molecule has 0 radical (unpaired) electrons. The Morgan fingerprint density at radius 2 is 1.85 bits per heavy atom. The molecule has 1 heterocycles. The van der Waals surface area contributed by atoms with E-state index in [0.29, 0.717) is 31.2 Å². The molecule has 1 aromatic rings. The lowest BCUT2D eigenvalue weighted by Gasteiger charge is -2.43. The number of rotatable bonds is 7. The van der Waals surface area contributed by atoms with Crippen molar-refractivity contribution in [3.05, 3.63) is 47.4 Å². The lowest BCUT2D eigenvalue weighted by molar-refractivity contribution is -0.136. The van der Waals surface area contributed by atoms with Crippen LogP contribution in [0.25, 0.3) is 0 Å². The summed E-state index contributed by atoms with van der Waals surface area (Å²) < 4.78 is 11.8. The van der Waals surface area contributed by atoms with Crippen LogP contribution in [0, 0.1) is 0 Å². The van der Waals surface area contributed by atoms with Crippen LogP contribution in [0.1, 0.15) is 40.2 Å². The highest BCUT2D eigenvalue weighted by Gasteiger charge is 2.37. The maximum Gasteiger partial charge on any atom is 0.273 e. The van der Waals surface area contributed by atoms with E-state index < -0.39 is 0 Å². The van der Waals surface area contributed by atoms with Crippen molar-refractivity contribution in [2.75, 3.05) is 20.2 Å². The molecule has 0 bridgehead atoms. The molecule has 0 saturated carbocycles. The number of benzene rings is 1. The third-order valence-corrected chi connectivity index (χ3v) is 4.65. The van der Waals surface area contributed by atoms with Crippen LogP contribution in [-0.4, -0.2) is 54.1 Å². The molecule has 1 fully saturated rings. The van der Waals surface area contributed by atoms with E-state index in [9.17, 15) is 4.79 Å². The van der Waals surface area contributed by atoms with Gasteiger partial charge in [-0.1, -0.05) is 30.3 Å². The molecular weight excluding hydrogens is 328 g/mol. The molecule has 0 aliphatic carbocycles. The minimum Gasteiger partial charge on any atom is -0.491 e. The average Bonchev–Trinajstić information content (AvgIpc) is 2.59. The van der Waals surface area contributed by atoms with Gasteiger partial charge in [0.15, 0.2) is 0 Å². The second kappa shape index (κ2) is 9.08. The van der Waals surface area contributed by atoms with Crippen molar-refractivity contribution >= 4 is 5.91 Å². The minimum absolute atomic E-state index is 0.0221. The number of amides is 1. The largest absolute Gasteiger partial charge is 0.491 e. The first-order valence-corrected chi connectivity index (χ1v) is 9.34. The van der Waals surface area contributed by atoms with E-state index in [1.807, 2.05) is 81.8 Å². The Labute approximate surface area is 157 Å². The SMILES string of the molecule is C/C(OCc1ccccc1)=C1/C(=O)N(C(C)C)C[C@H](COC(C)C)N1C. The molecule has 5 nitrogen and oxygen atoms in total. The lowest BCUT2D eigenvalue weighted by Crippen LogP contribution is -2.57. The predicted molar refractivity (Wildman–Crippen MR) is 103 cm³/mol. The van der Waals surface area contributed by atoms with Crippen molar-refractivity contribution in [2.45, 2.75) is 59.4 Å². The van der Waals surface area contributed by atoms with Crippen LogP contribution in [0.5, 0.6) is 0 Å². The van der Waals surface area contributed by atoms with Gasteiger partial charge in [-0.3, -0.25) is 4.79 Å². The molecule has 0 unspecified atom stereocenters. The first-order chi connectivity index (χ1) is 12.3. The van der Waals surface area contributed by atoms with Crippen molar-refractivity contribution in [1.29, 1.82) is 0 Å². The fraction of sp³-hybridized carbons (Fsp3) is 0.571. The number of carbonyl (C=O) groups is 1. The summed E-state index contributed by atoms with van der Waals surface area (Å²) in [5.74, 6) is 0.676. The van der Waals surface area contributed by atoms with Crippen LogP contribution >= 0.6 is 0 Å². The number of carbonyl (C=O) groups excluding carboxylic acids is 1. The molecule has 1 amide bonds. The zero-order chi connectivity index (χ0) is 19.3. The average molecular weight is 360 g/mol. The van der Waals surface area contributed by atoms with Crippen molar-refractivity contribution < 1.29 is 14.3 Å². The topological polar surface area (TPSA) is 42.0 Å². The standard InChI is InChI=1S/C21H32N2O3/c1-15(2)23-12-19(14-25-16(3)4)22(6)20(21(23)24)17(5)26-13-18-10-8-7-9-11-18/h7-11,15-16,19H,12-14H2,1-6H3/b20-17+/t19-/m1/s1. The molecule has 0 N–H and O–H groups in total. The third-order valence-electron chi connectivity index (χ3n) is 4.65. The Hall–Kier alpha value is -2.01. The zero-order valence-corrected chi connectivity index (χ0v) is 16.9. The molecule has 0 aromatic heterocycles. The third kappa shape index (κ3) is 5.01. The summed E-state index contributed by atoms with van der Waals surface area (Å²) in [5, 5.41) is 0. The van der Waals surface area contributed by atoms with E-state index >= 15 is 0 Å².